The van der Waals surface area contributed by atoms with Gasteiger partial charge in [0.1, 0.15) is 0 Å². The highest BCUT2D eigenvalue weighted by Crippen LogP contribution is 2.77. The van der Waals surface area contributed by atoms with Crippen LogP contribution in [0.3, 0.4) is 0 Å². The average molecular weight is 443 g/mol. The second-order valence-corrected chi connectivity index (χ2v) is 14.6. The van der Waals surface area contributed by atoms with Gasteiger partial charge < -0.3 is 10.2 Å². The van der Waals surface area contributed by atoms with E-state index >= 15 is 0 Å². The molecule has 0 spiro atoms. The third-order valence-electron chi connectivity index (χ3n) is 13.5. The number of aliphatic hydroxyl groups is 2. The summed E-state index contributed by atoms with van der Waals surface area (Å²) in [4.78, 5) is 0. The quantitative estimate of drug-likeness (QED) is 0.452. The highest BCUT2D eigenvalue weighted by molar-refractivity contribution is 5.21. The van der Waals surface area contributed by atoms with E-state index < -0.39 is 0 Å². The van der Waals surface area contributed by atoms with E-state index in [1.807, 2.05) is 0 Å². The first kappa shape index (κ1) is 23.4. The van der Waals surface area contributed by atoms with Crippen LogP contribution >= 0.6 is 0 Å². The first-order valence-electron chi connectivity index (χ1n) is 13.8. The minimum absolute atomic E-state index is 0.0290. The minimum Gasteiger partial charge on any atom is -0.396 e. The predicted molar refractivity (Wildman–Crippen MR) is 132 cm³/mol. The van der Waals surface area contributed by atoms with Crippen molar-refractivity contribution < 1.29 is 10.2 Å². The van der Waals surface area contributed by atoms with Crippen molar-refractivity contribution in [3.63, 3.8) is 0 Å². The highest BCUT2D eigenvalue weighted by atomic mass is 16.3. The highest BCUT2D eigenvalue weighted by Gasteiger charge is 2.70. The maximum Gasteiger partial charge on any atom is 0.0594 e. The minimum atomic E-state index is -0.147. The Bertz CT molecular complexity index is 786. The maximum atomic E-state index is 10.9. The Morgan fingerprint density at radius 1 is 0.812 bits per heavy atom. The van der Waals surface area contributed by atoms with Crippen LogP contribution in [0, 0.1) is 56.7 Å². The van der Waals surface area contributed by atoms with Crippen LogP contribution in [0.5, 0.6) is 0 Å². The number of aliphatic hydroxyl groups excluding tert-OH is 2. The summed E-state index contributed by atoms with van der Waals surface area (Å²) in [5.74, 6) is 3.33. The van der Waals surface area contributed by atoms with Crippen molar-refractivity contribution in [3.8, 4) is 0 Å². The van der Waals surface area contributed by atoms with E-state index in [2.05, 4.69) is 48.1 Å². The zero-order valence-electron chi connectivity index (χ0n) is 21.8. The summed E-state index contributed by atoms with van der Waals surface area (Å²) in [6.07, 6.45) is 12.2. The van der Waals surface area contributed by atoms with Gasteiger partial charge in [-0.3, -0.25) is 0 Å². The molecule has 0 aliphatic heterocycles. The van der Waals surface area contributed by atoms with Crippen molar-refractivity contribution in [2.24, 2.45) is 56.7 Å². The molecule has 5 saturated carbocycles. The molecule has 0 amide bonds. The molecule has 2 heteroatoms. The Labute approximate surface area is 197 Å². The molecule has 0 aromatic carbocycles. The van der Waals surface area contributed by atoms with Crippen LogP contribution in [0.1, 0.15) is 106 Å². The molecule has 0 radical (unpaired) electrons. The van der Waals surface area contributed by atoms with E-state index in [1.165, 1.54) is 63.4 Å². The molecular formula is C30H50O2. The number of fused-ring (bicyclic) bond motifs is 7. The molecule has 0 aromatic rings. The molecular weight excluding hydrogens is 392 g/mol. The van der Waals surface area contributed by atoms with Gasteiger partial charge in [0.15, 0.2) is 0 Å². The van der Waals surface area contributed by atoms with Crippen LogP contribution in [-0.4, -0.2) is 22.9 Å². The zero-order chi connectivity index (χ0) is 23.3. The van der Waals surface area contributed by atoms with Gasteiger partial charge in [0.05, 0.1) is 6.10 Å². The molecule has 0 saturated heterocycles. The fourth-order valence-corrected chi connectivity index (χ4v) is 11.5. The van der Waals surface area contributed by atoms with Gasteiger partial charge in [-0.05, 0) is 128 Å². The Balaban J connectivity index is 1.55. The average Bonchev–Trinajstić information content (AvgIpc) is 3.12. The molecule has 0 aromatic heterocycles. The van der Waals surface area contributed by atoms with Crippen LogP contribution in [0.15, 0.2) is 12.2 Å². The standard InChI is InChI=1S/C30H50O2/c1-19(2)20-10-15-30(18-31)17-16-28(6)21(25(20)30)8-9-23-27(5)13-12-24(32)26(3,4)22(27)11-14-29(23,28)7/h20-25,31-32H,1,8-18H2,2-7H3/t20-,21+,22?,23+,24-,25?,27-,28+,29+,30+/m0/s1. The van der Waals surface area contributed by atoms with Crippen molar-refractivity contribution >= 4 is 0 Å². The van der Waals surface area contributed by atoms with Gasteiger partial charge in [0.25, 0.3) is 0 Å². The topological polar surface area (TPSA) is 40.5 Å². The van der Waals surface area contributed by atoms with Gasteiger partial charge in [-0.2, -0.15) is 0 Å². The summed E-state index contributed by atoms with van der Waals surface area (Å²) >= 11 is 0. The number of hydrogen-bond donors (Lipinski definition) is 2. The monoisotopic (exact) mass is 442 g/mol. The third kappa shape index (κ3) is 2.66. The van der Waals surface area contributed by atoms with Crippen molar-refractivity contribution in [2.45, 2.75) is 112 Å². The van der Waals surface area contributed by atoms with Crippen LogP contribution in [0.25, 0.3) is 0 Å². The molecule has 2 N–H and O–H groups in total. The maximum absolute atomic E-state index is 10.9. The number of hydrogen-bond acceptors (Lipinski definition) is 2. The molecule has 5 aliphatic carbocycles. The SMILES string of the molecule is C=C(C)[C@@H]1CC[C@]2(CO)CC[C@]3(C)[C@H](CC[C@@H]4[C@@]5(C)CC[C@H](O)C(C)(C)C5CC[C@]43C)C12. The molecule has 182 valence electrons. The van der Waals surface area contributed by atoms with Crippen LogP contribution in [-0.2, 0) is 0 Å². The lowest BCUT2D eigenvalue weighted by atomic mass is 9.32. The van der Waals surface area contributed by atoms with Crippen molar-refractivity contribution in [1.82, 2.24) is 0 Å². The summed E-state index contributed by atoms with van der Waals surface area (Å²) in [6.45, 7) is 19.7. The fraction of sp³-hybridized carbons (Fsp3) is 0.933. The van der Waals surface area contributed by atoms with Gasteiger partial charge in [0.2, 0.25) is 0 Å². The second kappa shape index (κ2) is 7.09. The summed E-state index contributed by atoms with van der Waals surface area (Å²) < 4.78 is 0. The molecule has 5 aliphatic rings. The van der Waals surface area contributed by atoms with Gasteiger partial charge in [0, 0.05) is 6.61 Å². The molecule has 32 heavy (non-hydrogen) atoms. The fourth-order valence-electron chi connectivity index (χ4n) is 11.5. The first-order valence-corrected chi connectivity index (χ1v) is 13.8. The Morgan fingerprint density at radius 2 is 1.53 bits per heavy atom. The van der Waals surface area contributed by atoms with Gasteiger partial charge in [-0.25, -0.2) is 0 Å². The van der Waals surface area contributed by atoms with Crippen molar-refractivity contribution in [1.29, 1.82) is 0 Å². The Kier molecular flexibility index (Phi) is 5.19. The summed E-state index contributed by atoms with van der Waals surface area (Å²) in [6, 6.07) is 0. The predicted octanol–water partition coefficient (Wildman–Crippen LogP) is 7.00. The lowest BCUT2D eigenvalue weighted by Crippen LogP contribution is -2.66. The molecule has 2 nitrogen and oxygen atoms in total. The number of allylic oxidation sites excluding steroid dienone is 1. The number of rotatable bonds is 2. The van der Waals surface area contributed by atoms with Crippen LogP contribution in [0.2, 0.25) is 0 Å². The van der Waals surface area contributed by atoms with Gasteiger partial charge >= 0.3 is 0 Å². The lowest BCUT2D eigenvalue weighted by Gasteiger charge is -2.73. The van der Waals surface area contributed by atoms with E-state index in [4.69, 9.17) is 0 Å². The van der Waals surface area contributed by atoms with E-state index in [0.717, 1.165) is 18.3 Å². The van der Waals surface area contributed by atoms with Crippen LogP contribution < -0.4 is 0 Å². The lowest BCUT2D eigenvalue weighted by molar-refractivity contribution is -0.249. The van der Waals surface area contributed by atoms with Crippen LogP contribution in [0.4, 0.5) is 0 Å². The smallest absolute Gasteiger partial charge is 0.0594 e. The molecule has 5 rings (SSSR count). The van der Waals surface area contributed by atoms with E-state index in [9.17, 15) is 10.2 Å². The summed E-state index contributed by atoms with van der Waals surface area (Å²) in [5, 5.41) is 21.5. The van der Waals surface area contributed by atoms with Gasteiger partial charge in [-0.15, -0.1) is 0 Å². The van der Waals surface area contributed by atoms with E-state index in [1.54, 1.807) is 0 Å². The normalized spacial score (nSPS) is 56.5. The third-order valence-corrected chi connectivity index (χ3v) is 13.5. The molecule has 0 bridgehead atoms. The second-order valence-electron chi connectivity index (χ2n) is 14.6. The Hall–Kier alpha value is -0.340. The molecule has 0 heterocycles. The summed E-state index contributed by atoms with van der Waals surface area (Å²) in [5.41, 5.74) is 2.60. The first-order chi connectivity index (χ1) is 14.9. The summed E-state index contributed by atoms with van der Waals surface area (Å²) in [7, 11) is 0. The van der Waals surface area contributed by atoms with Crippen molar-refractivity contribution in [2.75, 3.05) is 6.61 Å². The van der Waals surface area contributed by atoms with E-state index in [-0.39, 0.29) is 16.9 Å². The van der Waals surface area contributed by atoms with Crippen molar-refractivity contribution in [3.05, 3.63) is 12.2 Å². The van der Waals surface area contributed by atoms with Gasteiger partial charge in [-0.1, -0.05) is 46.8 Å². The molecule has 2 unspecified atom stereocenters. The zero-order valence-corrected chi connectivity index (χ0v) is 21.8. The Morgan fingerprint density at radius 3 is 2.19 bits per heavy atom. The molecule has 5 fully saturated rings. The van der Waals surface area contributed by atoms with E-state index in [0.29, 0.717) is 40.6 Å². The largest absolute Gasteiger partial charge is 0.396 e. The molecule has 10 atom stereocenters.